The van der Waals surface area contributed by atoms with Gasteiger partial charge < -0.3 is 19.2 Å². The first kappa shape index (κ1) is 18.2. The van der Waals surface area contributed by atoms with E-state index in [0.717, 1.165) is 5.56 Å². The molecule has 0 aliphatic carbocycles. The summed E-state index contributed by atoms with van der Waals surface area (Å²) in [5.74, 6) is 1.00. The summed E-state index contributed by atoms with van der Waals surface area (Å²) in [6, 6.07) is 10.3. The molecule has 1 heterocycles. The lowest BCUT2D eigenvalue weighted by Gasteiger charge is -2.10. The highest BCUT2D eigenvalue weighted by Gasteiger charge is 2.12. The lowest BCUT2D eigenvalue weighted by atomic mass is 10.1. The highest BCUT2D eigenvalue weighted by atomic mass is 19.1. The van der Waals surface area contributed by atoms with Crippen molar-refractivity contribution in [2.45, 2.75) is 6.42 Å². The number of amides is 2. The molecule has 8 nitrogen and oxygen atoms in total. The molecular formula is C18H17FN4O4. The standard InChI is InChI=1S/C18H17FN4O4/c1-25-14-8-7-13(10-15(14)26-2)20-17(24)21-18-23-22-16(27-18)9-11-3-5-12(19)6-4-11/h3-8,10H,9H2,1-2H3,(H2,20,21,23,24). The summed E-state index contributed by atoms with van der Waals surface area (Å²) in [6.07, 6.45) is 0.326. The van der Waals surface area contributed by atoms with Gasteiger partial charge in [-0.1, -0.05) is 17.2 Å². The molecule has 2 N–H and O–H groups in total. The predicted molar refractivity (Wildman–Crippen MR) is 95.7 cm³/mol. The Morgan fingerprint density at radius 1 is 1.04 bits per heavy atom. The third-order valence-electron chi connectivity index (χ3n) is 3.60. The molecule has 3 rings (SSSR count). The lowest BCUT2D eigenvalue weighted by Crippen LogP contribution is -2.19. The van der Waals surface area contributed by atoms with E-state index in [4.69, 9.17) is 13.9 Å². The van der Waals surface area contributed by atoms with Crippen LogP contribution in [0, 0.1) is 5.82 Å². The van der Waals surface area contributed by atoms with Crippen molar-refractivity contribution >= 4 is 17.7 Å². The minimum atomic E-state index is -0.556. The van der Waals surface area contributed by atoms with Crippen LogP contribution in [0.2, 0.25) is 0 Å². The van der Waals surface area contributed by atoms with E-state index in [1.165, 1.54) is 26.4 Å². The van der Waals surface area contributed by atoms with E-state index >= 15 is 0 Å². The Morgan fingerprint density at radius 2 is 1.78 bits per heavy atom. The van der Waals surface area contributed by atoms with Crippen molar-refractivity contribution < 1.29 is 23.1 Å². The van der Waals surface area contributed by atoms with Gasteiger partial charge >= 0.3 is 12.0 Å². The molecule has 3 aromatic rings. The summed E-state index contributed by atoms with van der Waals surface area (Å²) in [5, 5.41) is 12.7. The van der Waals surface area contributed by atoms with Gasteiger partial charge in [0.15, 0.2) is 11.5 Å². The Hall–Kier alpha value is -3.62. The fourth-order valence-electron chi connectivity index (χ4n) is 2.33. The molecule has 0 fully saturated rings. The van der Waals surface area contributed by atoms with Crippen LogP contribution in [-0.2, 0) is 6.42 Å². The van der Waals surface area contributed by atoms with Crippen LogP contribution < -0.4 is 20.1 Å². The number of carbonyl (C=O) groups is 1. The van der Waals surface area contributed by atoms with Crippen molar-refractivity contribution in [1.29, 1.82) is 0 Å². The van der Waals surface area contributed by atoms with Gasteiger partial charge in [-0.2, -0.15) is 0 Å². The molecule has 0 aliphatic heterocycles. The third-order valence-corrected chi connectivity index (χ3v) is 3.60. The molecule has 0 bridgehead atoms. The van der Waals surface area contributed by atoms with Gasteiger partial charge in [0, 0.05) is 11.8 Å². The molecule has 0 unspecified atom stereocenters. The van der Waals surface area contributed by atoms with E-state index in [1.807, 2.05) is 0 Å². The van der Waals surface area contributed by atoms with Gasteiger partial charge in [0.2, 0.25) is 5.89 Å². The summed E-state index contributed by atoms with van der Waals surface area (Å²) < 4.78 is 28.6. The maximum atomic E-state index is 12.9. The second-order valence-corrected chi connectivity index (χ2v) is 5.45. The van der Waals surface area contributed by atoms with Crippen LogP contribution in [0.15, 0.2) is 46.9 Å². The molecule has 9 heteroatoms. The molecular weight excluding hydrogens is 355 g/mol. The number of nitrogens with one attached hydrogen (secondary N) is 2. The van der Waals surface area contributed by atoms with Crippen molar-refractivity contribution in [1.82, 2.24) is 10.2 Å². The Bertz CT molecular complexity index is 927. The third kappa shape index (κ3) is 4.72. The van der Waals surface area contributed by atoms with Crippen LogP contribution >= 0.6 is 0 Å². The number of aromatic nitrogens is 2. The Kier molecular flexibility index (Phi) is 5.50. The van der Waals surface area contributed by atoms with Gasteiger partial charge in [0.25, 0.3) is 0 Å². The molecule has 140 valence electrons. The first-order valence-electron chi connectivity index (χ1n) is 7.94. The monoisotopic (exact) mass is 372 g/mol. The smallest absolute Gasteiger partial charge is 0.327 e. The summed E-state index contributed by atoms with van der Waals surface area (Å²) >= 11 is 0. The minimum absolute atomic E-state index is 0.0508. The molecule has 27 heavy (non-hydrogen) atoms. The summed E-state index contributed by atoms with van der Waals surface area (Å²) in [6.45, 7) is 0. The first-order valence-corrected chi connectivity index (χ1v) is 7.94. The fourth-order valence-corrected chi connectivity index (χ4v) is 2.33. The van der Waals surface area contributed by atoms with Crippen molar-refractivity contribution in [2.24, 2.45) is 0 Å². The van der Waals surface area contributed by atoms with Gasteiger partial charge in [-0.15, -0.1) is 5.10 Å². The minimum Gasteiger partial charge on any atom is -0.493 e. The van der Waals surface area contributed by atoms with Crippen LogP contribution in [0.3, 0.4) is 0 Å². The van der Waals surface area contributed by atoms with E-state index in [2.05, 4.69) is 20.8 Å². The van der Waals surface area contributed by atoms with Crippen molar-refractivity contribution in [3.8, 4) is 11.5 Å². The number of anilines is 2. The molecule has 0 spiro atoms. The molecule has 0 saturated carbocycles. The van der Waals surface area contributed by atoms with Crippen molar-refractivity contribution in [3.05, 3.63) is 59.7 Å². The normalized spacial score (nSPS) is 10.3. The van der Waals surface area contributed by atoms with Crippen LogP contribution in [0.4, 0.5) is 20.9 Å². The van der Waals surface area contributed by atoms with Crippen LogP contribution in [0.25, 0.3) is 0 Å². The van der Waals surface area contributed by atoms with E-state index in [0.29, 0.717) is 29.5 Å². The largest absolute Gasteiger partial charge is 0.493 e. The van der Waals surface area contributed by atoms with Crippen molar-refractivity contribution in [3.63, 3.8) is 0 Å². The Balaban J connectivity index is 1.60. The number of carbonyl (C=O) groups excluding carboxylic acids is 1. The summed E-state index contributed by atoms with van der Waals surface area (Å²) in [5.41, 5.74) is 1.30. The van der Waals surface area contributed by atoms with Gasteiger partial charge in [-0.3, -0.25) is 5.32 Å². The topological polar surface area (TPSA) is 98.5 Å². The van der Waals surface area contributed by atoms with E-state index < -0.39 is 6.03 Å². The molecule has 0 radical (unpaired) electrons. The second kappa shape index (κ2) is 8.17. The molecule has 2 aromatic carbocycles. The number of hydrogen-bond donors (Lipinski definition) is 2. The zero-order valence-electron chi connectivity index (χ0n) is 14.7. The molecule has 0 aliphatic rings. The SMILES string of the molecule is COc1ccc(NC(=O)Nc2nnc(Cc3ccc(F)cc3)o2)cc1OC. The number of nitrogens with zero attached hydrogens (tertiary/aromatic N) is 2. The van der Waals surface area contributed by atoms with E-state index in [-0.39, 0.29) is 11.8 Å². The molecule has 1 aromatic heterocycles. The van der Waals surface area contributed by atoms with Crippen LogP contribution in [0.5, 0.6) is 11.5 Å². The number of ether oxygens (including phenoxy) is 2. The number of hydrogen-bond acceptors (Lipinski definition) is 6. The summed E-state index contributed by atoms with van der Waals surface area (Å²) in [7, 11) is 3.03. The number of methoxy groups -OCH3 is 2. The van der Waals surface area contributed by atoms with Crippen LogP contribution in [-0.4, -0.2) is 30.4 Å². The lowest BCUT2D eigenvalue weighted by molar-refractivity contribution is 0.261. The maximum Gasteiger partial charge on any atom is 0.327 e. The summed E-state index contributed by atoms with van der Waals surface area (Å²) in [4.78, 5) is 12.1. The van der Waals surface area contributed by atoms with Gasteiger partial charge in [-0.05, 0) is 29.8 Å². The molecule has 0 atom stereocenters. The highest BCUT2D eigenvalue weighted by Crippen LogP contribution is 2.29. The van der Waals surface area contributed by atoms with E-state index in [9.17, 15) is 9.18 Å². The number of halogens is 1. The van der Waals surface area contributed by atoms with E-state index in [1.54, 1.807) is 30.3 Å². The predicted octanol–water partition coefficient (Wildman–Crippen LogP) is 3.46. The second-order valence-electron chi connectivity index (χ2n) is 5.45. The fraction of sp³-hybridized carbons (Fsp3) is 0.167. The van der Waals surface area contributed by atoms with Crippen molar-refractivity contribution in [2.75, 3.05) is 24.9 Å². The molecule has 0 saturated heterocycles. The van der Waals surface area contributed by atoms with Gasteiger partial charge in [0.05, 0.1) is 20.6 Å². The quantitative estimate of drug-likeness (QED) is 0.688. The number of benzene rings is 2. The van der Waals surface area contributed by atoms with Crippen LogP contribution in [0.1, 0.15) is 11.5 Å². The highest BCUT2D eigenvalue weighted by molar-refractivity contribution is 5.98. The maximum absolute atomic E-state index is 12.9. The zero-order valence-corrected chi connectivity index (χ0v) is 14.7. The number of urea groups is 1. The van der Waals surface area contributed by atoms with Gasteiger partial charge in [-0.25, -0.2) is 9.18 Å². The van der Waals surface area contributed by atoms with Gasteiger partial charge in [0.1, 0.15) is 5.82 Å². The molecule has 2 amide bonds. The Labute approximate surface area is 154 Å². The average molecular weight is 372 g/mol. The Morgan fingerprint density at radius 3 is 2.48 bits per heavy atom. The zero-order chi connectivity index (χ0) is 19.2. The number of rotatable bonds is 6. The first-order chi connectivity index (χ1) is 13.1. The average Bonchev–Trinajstić information content (AvgIpc) is 3.10.